The number of hydrogen-bond donors (Lipinski definition) is 3. The van der Waals surface area contributed by atoms with Crippen molar-refractivity contribution in [3.63, 3.8) is 0 Å². The predicted molar refractivity (Wildman–Crippen MR) is 152 cm³/mol. The van der Waals surface area contributed by atoms with E-state index in [9.17, 15) is 14.4 Å². The van der Waals surface area contributed by atoms with E-state index in [4.69, 9.17) is 20.9 Å². The van der Waals surface area contributed by atoms with Gasteiger partial charge in [-0.1, -0.05) is 0 Å². The van der Waals surface area contributed by atoms with Crippen molar-refractivity contribution in [2.75, 3.05) is 56.7 Å². The molecule has 0 unspecified atom stereocenters. The number of carbonyl (C=O) groups is 3. The summed E-state index contributed by atoms with van der Waals surface area (Å²) in [5, 5.41) is 11.2. The fourth-order valence-corrected chi connectivity index (χ4v) is 4.34. The van der Waals surface area contributed by atoms with Gasteiger partial charge in [-0.2, -0.15) is 4.98 Å². The number of morpholine rings is 1. The number of rotatable bonds is 7. The lowest BCUT2D eigenvalue weighted by atomic mass is 10.1. The van der Waals surface area contributed by atoms with Gasteiger partial charge in [0, 0.05) is 43.0 Å². The monoisotopic (exact) mass is 562 g/mol. The minimum Gasteiger partial charge on any atom is -0.497 e. The molecule has 2 aliphatic rings. The van der Waals surface area contributed by atoms with Crippen LogP contribution in [0, 0.1) is 0 Å². The number of benzene rings is 2. The molecular formula is C28H34N8O5. The molecule has 5 rings (SSSR count). The Morgan fingerprint density at radius 1 is 0.829 bits per heavy atom. The molecule has 0 bridgehead atoms. The number of hydrogen-bond acceptors (Lipinski definition) is 10. The first-order valence-electron chi connectivity index (χ1n) is 13.3. The number of aromatic nitrogens is 3. The average Bonchev–Trinajstić information content (AvgIpc) is 3.02. The Labute approximate surface area is 237 Å². The number of carbonyl (C=O) groups excluding carboxylic acids is 3. The van der Waals surface area contributed by atoms with Crippen LogP contribution in [-0.4, -0.2) is 84.3 Å². The van der Waals surface area contributed by atoms with Gasteiger partial charge in [-0.05, 0) is 67.8 Å². The molecule has 2 saturated heterocycles. The Kier molecular flexibility index (Phi) is 9.99. The molecule has 0 atom stereocenters. The zero-order valence-corrected chi connectivity index (χ0v) is 22.9. The normalized spacial score (nSPS) is 14.9. The molecule has 5 N–H and O–H groups in total. The molecule has 0 saturated carbocycles. The summed E-state index contributed by atoms with van der Waals surface area (Å²) in [6.07, 6.45) is 3.33. The number of nitrogens with one attached hydrogen (secondary N) is 1. The first-order valence-corrected chi connectivity index (χ1v) is 13.3. The fraction of sp³-hybridized carbons (Fsp3) is 0.357. The molecule has 1 aromatic heterocycles. The van der Waals surface area contributed by atoms with Crippen molar-refractivity contribution in [2.24, 2.45) is 11.5 Å². The SMILES string of the molecule is COc1ccc(C(N)=O)cc1.NC(=O)c1nnc(N2CCCCC2)nc1Nc1ccc(C(=O)N2CCOCC2)cc1. The average molecular weight is 563 g/mol. The fourth-order valence-electron chi connectivity index (χ4n) is 4.34. The van der Waals surface area contributed by atoms with Gasteiger partial charge in [0.05, 0.1) is 20.3 Å². The predicted octanol–water partition coefficient (Wildman–Crippen LogP) is 1.97. The summed E-state index contributed by atoms with van der Waals surface area (Å²) in [5.41, 5.74) is 12.2. The maximum atomic E-state index is 12.6. The van der Waals surface area contributed by atoms with Crippen LogP contribution in [0.5, 0.6) is 5.75 Å². The molecule has 13 nitrogen and oxygen atoms in total. The highest BCUT2D eigenvalue weighted by Crippen LogP contribution is 2.22. The Balaban J connectivity index is 0.000000296. The highest BCUT2D eigenvalue weighted by molar-refractivity contribution is 5.97. The van der Waals surface area contributed by atoms with E-state index >= 15 is 0 Å². The lowest BCUT2D eigenvalue weighted by molar-refractivity contribution is 0.0303. The molecule has 2 aliphatic heterocycles. The number of amides is 3. The highest BCUT2D eigenvalue weighted by atomic mass is 16.5. The van der Waals surface area contributed by atoms with Crippen molar-refractivity contribution in [1.29, 1.82) is 0 Å². The van der Waals surface area contributed by atoms with Crippen LogP contribution in [0.1, 0.15) is 50.5 Å². The third-order valence-electron chi connectivity index (χ3n) is 6.62. The Hall–Kier alpha value is -4.78. The molecule has 3 heterocycles. The van der Waals surface area contributed by atoms with E-state index in [0.29, 0.717) is 49.1 Å². The van der Waals surface area contributed by atoms with Gasteiger partial charge in [-0.3, -0.25) is 14.4 Å². The molecule has 0 spiro atoms. The second kappa shape index (κ2) is 14.0. The summed E-state index contributed by atoms with van der Waals surface area (Å²) in [4.78, 5) is 43.3. The second-order valence-electron chi connectivity index (χ2n) is 9.42. The van der Waals surface area contributed by atoms with Gasteiger partial charge in [-0.25, -0.2) is 0 Å². The lowest BCUT2D eigenvalue weighted by Gasteiger charge is -2.27. The maximum absolute atomic E-state index is 12.6. The van der Waals surface area contributed by atoms with Crippen LogP contribution in [0.4, 0.5) is 17.5 Å². The number of piperidine rings is 1. The molecule has 2 fully saturated rings. The number of nitrogens with two attached hydrogens (primary N) is 2. The van der Waals surface area contributed by atoms with Gasteiger partial charge in [0.1, 0.15) is 5.75 Å². The van der Waals surface area contributed by atoms with E-state index in [-0.39, 0.29) is 17.4 Å². The van der Waals surface area contributed by atoms with Crippen LogP contribution >= 0.6 is 0 Å². The number of anilines is 3. The van der Waals surface area contributed by atoms with E-state index in [0.717, 1.165) is 31.7 Å². The molecule has 41 heavy (non-hydrogen) atoms. The molecule has 2 aromatic carbocycles. The van der Waals surface area contributed by atoms with Gasteiger partial charge in [0.15, 0.2) is 11.5 Å². The van der Waals surface area contributed by atoms with Crippen molar-refractivity contribution < 1.29 is 23.9 Å². The number of nitrogens with zero attached hydrogens (tertiary/aromatic N) is 5. The molecule has 3 aromatic rings. The van der Waals surface area contributed by atoms with Crippen LogP contribution in [0.15, 0.2) is 48.5 Å². The van der Waals surface area contributed by atoms with Crippen LogP contribution in [-0.2, 0) is 4.74 Å². The maximum Gasteiger partial charge on any atom is 0.273 e. The third-order valence-corrected chi connectivity index (χ3v) is 6.62. The molecule has 0 aliphatic carbocycles. The van der Waals surface area contributed by atoms with Crippen molar-refractivity contribution in [3.05, 3.63) is 65.4 Å². The van der Waals surface area contributed by atoms with Crippen molar-refractivity contribution in [3.8, 4) is 5.75 Å². The van der Waals surface area contributed by atoms with Crippen LogP contribution in [0.3, 0.4) is 0 Å². The molecule has 13 heteroatoms. The minimum absolute atomic E-state index is 0.0239. The minimum atomic E-state index is -0.707. The molecular weight excluding hydrogens is 528 g/mol. The van der Waals surface area contributed by atoms with E-state index in [1.54, 1.807) is 60.5 Å². The van der Waals surface area contributed by atoms with Crippen LogP contribution in [0.2, 0.25) is 0 Å². The highest BCUT2D eigenvalue weighted by Gasteiger charge is 2.21. The number of methoxy groups -OCH3 is 1. The van der Waals surface area contributed by atoms with Gasteiger partial charge in [0.25, 0.3) is 11.8 Å². The Morgan fingerprint density at radius 2 is 1.46 bits per heavy atom. The summed E-state index contributed by atoms with van der Waals surface area (Å²) in [7, 11) is 1.57. The smallest absolute Gasteiger partial charge is 0.273 e. The number of ether oxygens (including phenoxy) is 2. The summed E-state index contributed by atoms with van der Waals surface area (Å²) in [5.74, 6) is 0.287. The van der Waals surface area contributed by atoms with E-state index in [2.05, 4.69) is 25.4 Å². The third kappa shape index (κ3) is 7.88. The van der Waals surface area contributed by atoms with Gasteiger partial charge in [-0.15, -0.1) is 10.2 Å². The topological polar surface area (TPSA) is 179 Å². The molecule has 0 radical (unpaired) electrons. The van der Waals surface area contributed by atoms with Crippen molar-refractivity contribution >= 4 is 35.2 Å². The van der Waals surface area contributed by atoms with E-state index in [1.165, 1.54) is 6.42 Å². The Bertz CT molecular complexity index is 1340. The summed E-state index contributed by atoms with van der Waals surface area (Å²) in [6, 6.07) is 13.7. The van der Waals surface area contributed by atoms with Crippen molar-refractivity contribution in [1.82, 2.24) is 20.1 Å². The quantitative estimate of drug-likeness (QED) is 0.385. The van der Waals surface area contributed by atoms with Crippen LogP contribution < -0.4 is 26.4 Å². The zero-order valence-electron chi connectivity index (χ0n) is 22.9. The summed E-state index contributed by atoms with van der Waals surface area (Å²) >= 11 is 0. The van der Waals surface area contributed by atoms with Crippen LogP contribution in [0.25, 0.3) is 0 Å². The first-order chi connectivity index (χ1) is 19.9. The Morgan fingerprint density at radius 3 is 2.05 bits per heavy atom. The zero-order chi connectivity index (χ0) is 29.2. The van der Waals surface area contributed by atoms with Gasteiger partial charge >= 0.3 is 0 Å². The summed E-state index contributed by atoms with van der Waals surface area (Å²) < 4.78 is 10.2. The number of primary amides is 2. The van der Waals surface area contributed by atoms with E-state index in [1.807, 2.05) is 0 Å². The standard InChI is InChI=1S/C20H25N7O3.C8H9NO2/c21-17(28)16-18(23-20(25-24-16)27-8-2-1-3-9-27)22-15-6-4-14(5-7-15)19(29)26-10-12-30-13-11-26;1-11-7-4-2-6(3-5-7)8(9)10/h4-7H,1-3,8-13H2,(H2,21,28)(H,22,23,25);2-5H,1H3,(H2,9,10). The summed E-state index contributed by atoms with van der Waals surface area (Å²) in [6.45, 7) is 4.01. The van der Waals surface area contributed by atoms with Gasteiger partial charge in [0.2, 0.25) is 11.9 Å². The van der Waals surface area contributed by atoms with Gasteiger partial charge < -0.3 is 36.1 Å². The van der Waals surface area contributed by atoms with E-state index < -0.39 is 11.8 Å². The van der Waals surface area contributed by atoms with Crippen molar-refractivity contribution in [2.45, 2.75) is 19.3 Å². The molecule has 3 amide bonds. The lowest BCUT2D eigenvalue weighted by Crippen LogP contribution is -2.40. The second-order valence-corrected chi connectivity index (χ2v) is 9.42. The molecule has 216 valence electrons. The first kappa shape index (κ1) is 29.2. The largest absolute Gasteiger partial charge is 0.497 e.